The summed E-state index contributed by atoms with van der Waals surface area (Å²) in [6.07, 6.45) is 7.83. The number of carbonyl (C=O) groups is 2. The Morgan fingerprint density at radius 1 is 1.12 bits per heavy atom. The van der Waals surface area contributed by atoms with Crippen LogP contribution in [-0.4, -0.2) is 48.1 Å². The van der Waals surface area contributed by atoms with Crippen LogP contribution in [0.5, 0.6) is 0 Å². The van der Waals surface area contributed by atoms with Gasteiger partial charge in [0.05, 0.1) is 6.54 Å². The van der Waals surface area contributed by atoms with E-state index in [0.717, 1.165) is 31.6 Å². The van der Waals surface area contributed by atoms with Crippen molar-refractivity contribution in [3.63, 3.8) is 0 Å². The van der Waals surface area contributed by atoms with Crippen LogP contribution in [0.4, 0.5) is 0 Å². The average molecular weight is 357 g/mol. The van der Waals surface area contributed by atoms with Crippen molar-refractivity contribution in [3.05, 3.63) is 0 Å². The summed E-state index contributed by atoms with van der Waals surface area (Å²) in [4.78, 5) is 25.5. The van der Waals surface area contributed by atoms with Gasteiger partial charge in [-0.05, 0) is 31.1 Å². The highest BCUT2D eigenvalue weighted by Gasteiger charge is 2.22. The van der Waals surface area contributed by atoms with E-state index in [4.69, 9.17) is 5.11 Å². The Balaban J connectivity index is 0.00000178. The Hall–Kier alpha value is -1.10. The highest BCUT2D eigenvalue weighted by atomic mass is 16.3. The van der Waals surface area contributed by atoms with Crippen molar-refractivity contribution >= 4 is 11.8 Å². The molecule has 1 saturated heterocycles. The third-order valence-electron chi connectivity index (χ3n) is 4.35. The first-order chi connectivity index (χ1) is 11.9. The molecule has 1 heterocycles. The highest BCUT2D eigenvalue weighted by molar-refractivity contribution is 5.84. The summed E-state index contributed by atoms with van der Waals surface area (Å²) in [6.45, 7) is 10.4. The zero-order valence-electron chi connectivity index (χ0n) is 16.9. The van der Waals surface area contributed by atoms with Gasteiger partial charge in [0.15, 0.2) is 0 Å². The Morgan fingerprint density at radius 3 is 2.24 bits per heavy atom. The Labute approximate surface area is 154 Å². The highest BCUT2D eigenvalue weighted by Crippen LogP contribution is 2.16. The number of nitrogens with zero attached hydrogens (tertiary/aromatic N) is 1. The second-order valence-electron chi connectivity index (χ2n) is 7.48. The summed E-state index contributed by atoms with van der Waals surface area (Å²) in [7, 11) is 0. The van der Waals surface area contributed by atoms with E-state index in [2.05, 4.69) is 33.0 Å². The van der Waals surface area contributed by atoms with E-state index in [0.29, 0.717) is 25.4 Å². The maximum absolute atomic E-state index is 12.0. The van der Waals surface area contributed by atoms with Crippen molar-refractivity contribution in [1.29, 1.82) is 0 Å². The molecule has 25 heavy (non-hydrogen) atoms. The number of unbranched alkanes of at least 4 members (excludes halogenated alkanes) is 2. The SMILES string of the molecule is CC(C)CCCCCC(=O)NCC(=O)N1CCC(CO)CC1.CCC. The van der Waals surface area contributed by atoms with Gasteiger partial charge >= 0.3 is 0 Å². The zero-order valence-corrected chi connectivity index (χ0v) is 16.9. The zero-order chi connectivity index (χ0) is 19.1. The molecule has 0 aromatic rings. The first-order valence-electron chi connectivity index (χ1n) is 10.1. The molecule has 1 rings (SSSR count). The molecule has 5 heteroatoms. The van der Waals surface area contributed by atoms with E-state index >= 15 is 0 Å². The van der Waals surface area contributed by atoms with Gasteiger partial charge in [-0.15, -0.1) is 0 Å². The fraction of sp³-hybridized carbons (Fsp3) is 0.900. The number of likely N-dealkylation sites (tertiary alicyclic amines) is 1. The number of aliphatic hydroxyl groups excluding tert-OH is 1. The summed E-state index contributed by atoms with van der Waals surface area (Å²) in [5.41, 5.74) is 0. The molecule has 0 bridgehead atoms. The largest absolute Gasteiger partial charge is 0.396 e. The van der Waals surface area contributed by atoms with Crippen LogP contribution in [0.1, 0.15) is 79.1 Å². The number of rotatable bonds is 9. The normalized spacial score (nSPS) is 14.9. The van der Waals surface area contributed by atoms with Gasteiger partial charge in [-0.25, -0.2) is 0 Å². The number of piperidine rings is 1. The molecule has 0 radical (unpaired) electrons. The molecule has 1 aliphatic rings. The van der Waals surface area contributed by atoms with Gasteiger partial charge in [0.2, 0.25) is 11.8 Å². The van der Waals surface area contributed by atoms with Crippen LogP contribution in [0.25, 0.3) is 0 Å². The van der Waals surface area contributed by atoms with Crippen molar-refractivity contribution in [2.75, 3.05) is 26.2 Å². The van der Waals surface area contributed by atoms with Crippen molar-refractivity contribution in [2.24, 2.45) is 11.8 Å². The minimum atomic E-state index is -0.0249. The lowest BCUT2D eigenvalue weighted by atomic mass is 9.98. The third kappa shape index (κ3) is 12.9. The minimum Gasteiger partial charge on any atom is -0.396 e. The van der Waals surface area contributed by atoms with E-state index in [-0.39, 0.29) is 25.0 Å². The first-order valence-corrected chi connectivity index (χ1v) is 10.1. The van der Waals surface area contributed by atoms with Crippen molar-refractivity contribution in [1.82, 2.24) is 10.2 Å². The number of aliphatic hydroxyl groups is 1. The van der Waals surface area contributed by atoms with Crippen molar-refractivity contribution in [2.45, 2.75) is 79.1 Å². The maximum Gasteiger partial charge on any atom is 0.241 e. The van der Waals surface area contributed by atoms with Crippen molar-refractivity contribution < 1.29 is 14.7 Å². The van der Waals surface area contributed by atoms with Crippen molar-refractivity contribution in [3.8, 4) is 0 Å². The van der Waals surface area contributed by atoms with E-state index in [1.54, 1.807) is 4.90 Å². The first kappa shape index (κ1) is 23.9. The molecule has 0 aliphatic carbocycles. The van der Waals surface area contributed by atoms with Gasteiger partial charge in [-0.1, -0.05) is 53.4 Å². The fourth-order valence-corrected chi connectivity index (χ4v) is 2.75. The van der Waals surface area contributed by atoms with Crippen LogP contribution in [0, 0.1) is 11.8 Å². The maximum atomic E-state index is 12.0. The second-order valence-corrected chi connectivity index (χ2v) is 7.48. The van der Waals surface area contributed by atoms with E-state index in [1.165, 1.54) is 19.3 Å². The quantitative estimate of drug-likeness (QED) is 0.622. The summed E-state index contributed by atoms with van der Waals surface area (Å²) in [6, 6.07) is 0. The van der Waals surface area contributed by atoms with E-state index in [1.807, 2.05) is 0 Å². The Morgan fingerprint density at radius 2 is 1.72 bits per heavy atom. The topological polar surface area (TPSA) is 69.6 Å². The molecule has 0 aromatic carbocycles. The number of carbonyl (C=O) groups excluding carboxylic acids is 2. The molecule has 1 fully saturated rings. The predicted molar refractivity (Wildman–Crippen MR) is 103 cm³/mol. The third-order valence-corrected chi connectivity index (χ3v) is 4.35. The number of amides is 2. The van der Waals surface area contributed by atoms with Crippen LogP contribution in [0.3, 0.4) is 0 Å². The van der Waals surface area contributed by atoms with Gasteiger partial charge in [-0.3, -0.25) is 9.59 Å². The molecule has 5 nitrogen and oxygen atoms in total. The number of nitrogens with one attached hydrogen (secondary N) is 1. The van der Waals surface area contributed by atoms with Crippen LogP contribution in [-0.2, 0) is 9.59 Å². The lowest BCUT2D eigenvalue weighted by Crippen LogP contribution is -2.44. The molecule has 2 amide bonds. The molecule has 0 aromatic heterocycles. The number of hydrogen-bond acceptors (Lipinski definition) is 3. The Kier molecular flexibility index (Phi) is 14.5. The standard InChI is InChI=1S/C17H32N2O3.C3H8/c1-14(2)6-4-3-5-7-16(21)18-12-17(22)19-10-8-15(13-20)9-11-19;1-3-2/h14-15,20H,3-13H2,1-2H3,(H,18,21);3H2,1-2H3. The molecular weight excluding hydrogens is 316 g/mol. The second kappa shape index (κ2) is 15.2. The fourth-order valence-electron chi connectivity index (χ4n) is 2.75. The lowest BCUT2D eigenvalue weighted by Gasteiger charge is -2.31. The smallest absolute Gasteiger partial charge is 0.241 e. The molecule has 0 spiro atoms. The molecule has 0 saturated carbocycles. The molecule has 148 valence electrons. The lowest BCUT2D eigenvalue weighted by molar-refractivity contribution is -0.134. The minimum absolute atomic E-state index is 0.00968. The van der Waals surface area contributed by atoms with Crippen LogP contribution >= 0.6 is 0 Å². The molecular formula is C20H40N2O3. The van der Waals surface area contributed by atoms with Gasteiger partial charge < -0.3 is 15.3 Å². The summed E-state index contributed by atoms with van der Waals surface area (Å²) >= 11 is 0. The number of hydrogen-bond donors (Lipinski definition) is 2. The predicted octanol–water partition coefficient (Wildman–Crippen LogP) is 3.36. The van der Waals surface area contributed by atoms with Gasteiger partial charge in [0.1, 0.15) is 0 Å². The van der Waals surface area contributed by atoms with E-state index < -0.39 is 0 Å². The summed E-state index contributed by atoms with van der Waals surface area (Å²) in [5, 5.41) is 11.8. The molecule has 0 unspecified atom stereocenters. The van der Waals surface area contributed by atoms with Crippen LogP contribution < -0.4 is 5.32 Å². The summed E-state index contributed by atoms with van der Waals surface area (Å²) in [5.74, 6) is 1.01. The summed E-state index contributed by atoms with van der Waals surface area (Å²) < 4.78 is 0. The van der Waals surface area contributed by atoms with E-state index in [9.17, 15) is 9.59 Å². The van der Waals surface area contributed by atoms with Gasteiger partial charge in [0.25, 0.3) is 0 Å². The monoisotopic (exact) mass is 356 g/mol. The Bertz CT molecular complexity index is 351. The average Bonchev–Trinajstić information content (AvgIpc) is 2.60. The molecule has 1 aliphatic heterocycles. The van der Waals surface area contributed by atoms with Crippen LogP contribution in [0.2, 0.25) is 0 Å². The van der Waals surface area contributed by atoms with Gasteiger partial charge in [0, 0.05) is 26.1 Å². The molecule has 2 N–H and O–H groups in total. The van der Waals surface area contributed by atoms with Gasteiger partial charge in [-0.2, -0.15) is 0 Å². The van der Waals surface area contributed by atoms with Crippen LogP contribution in [0.15, 0.2) is 0 Å². The molecule has 0 atom stereocenters.